The van der Waals surface area contributed by atoms with Crippen LogP contribution in [0.3, 0.4) is 0 Å². The molecule has 2 unspecified atom stereocenters. The van der Waals surface area contributed by atoms with Crippen molar-refractivity contribution in [2.45, 2.75) is 25.6 Å². The molecule has 1 heterocycles. The number of hydrogen-bond donors (Lipinski definition) is 1. The van der Waals surface area contributed by atoms with Gasteiger partial charge in [-0.1, -0.05) is 15.9 Å². The lowest BCUT2D eigenvalue weighted by Crippen LogP contribution is -2.47. The lowest BCUT2D eigenvalue weighted by molar-refractivity contribution is -0.0183. The third-order valence-electron chi connectivity index (χ3n) is 3.01. The SMILES string of the molecule is CC1CN(c2ccc(Br)cc2)CC(CCN)O1. The van der Waals surface area contributed by atoms with Gasteiger partial charge in [0, 0.05) is 23.2 Å². The second-order valence-corrected chi connectivity index (χ2v) is 5.44. The van der Waals surface area contributed by atoms with Crippen LogP contribution in [0, 0.1) is 0 Å². The smallest absolute Gasteiger partial charge is 0.0766 e. The minimum absolute atomic E-state index is 0.257. The Bertz CT molecular complexity index is 355. The molecule has 0 bridgehead atoms. The summed E-state index contributed by atoms with van der Waals surface area (Å²) >= 11 is 3.46. The number of nitrogens with zero attached hydrogens (tertiary/aromatic N) is 1. The van der Waals surface area contributed by atoms with Crippen LogP contribution in [0.25, 0.3) is 0 Å². The van der Waals surface area contributed by atoms with Crippen LogP contribution in [-0.2, 0) is 4.74 Å². The van der Waals surface area contributed by atoms with Crippen LogP contribution in [0.2, 0.25) is 0 Å². The van der Waals surface area contributed by atoms with E-state index in [1.165, 1.54) is 5.69 Å². The summed E-state index contributed by atoms with van der Waals surface area (Å²) < 4.78 is 6.98. The van der Waals surface area contributed by atoms with Gasteiger partial charge in [0.2, 0.25) is 0 Å². The van der Waals surface area contributed by atoms with Crippen LogP contribution >= 0.6 is 15.9 Å². The van der Waals surface area contributed by atoms with Gasteiger partial charge in [0.15, 0.2) is 0 Å². The van der Waals surface area contributed by atoms with Crippen LogP contribution in [0.15, 0.2) is 28.7 Å². The van der Waals surface area contributed by atoms with Crippen LogP contribution in [0.1, 0.15) is 13.3 Å². The molecule has 2 rings (SSSR count). The topological polar surface area (TPSA) is 38.5 Å². The first-order chi connectivity index (χ1) is 8.19. The standard InChI is InChI=1S/C13H19BrN2O/c1-10-8-16(9-13(17-10)6-7-15)12-4-2-11(14)3-5-12/h2-5,10,13H,6-9,15H2,1H3. The Kier molecular flexibility index (Phi) is 4.42. The molecule has 2 atom stereocenters. The third kappa shape index (κ3) is 3.44. The number of ether oxygens (including phenoxy) is 1. The van der Waals surface area contributed by atoms with Gasteiger partial charge in [-0.3, -0.25) is 0 Å². The van der Waals surface area contributed by atoms with Crippen molar-refractivity contribution < 1.29 is 4.74 Å². The molecule has 0 aromatic heterocycles. The van der Waals surface area contributed by atoms with Crippen LogP contribution < -0.4 is 10.6 Å². The second kappa shape index (κ2) is 5.85. The number of hydrogen-bond acceptors (Lipinski definition) is 3. The van der Waals surface area contributed by atoms with Crippen LogP contribution in [0.5, 0.6) is 0 Å². The zero-order chi connectivity index (χ0) is 12.3. The van der Waals surface area contributed by atoms with E-state index in [9.17, 15) is 0 Å². The first-order valence-corrected chi connectivity index (χ1v) is 6.84. The number of halogens is 1. The van der Waals surface area contributed by atoms with E-state index in [4.69, 9.17) is 10.5 Å². The largest absolute Gasteiger partial charge is 0.372 e. The van der Waals surface area contributed by atoms with Gasteiger partial charge in [-0.05, 0) is 44.2 Å². The van der Waals surface area contributed by atoms with E-state index in [0.717, 1.165) is 24.0 Å². The van der Waals surface area contributed by atoms with E-state index < -0.39 is 0 Å². The summed E-state index contributed by atoms with van der Waals surface area (Å²) in [6.45, 7) is 4.69. The molecule has 17 heavy (non-hydrogen) atoms. The van der Waals surface area contributed by atoms with E-state index in [2.05, 4.69) is 52.0 Å². The summed E-state index contributed by atoms with van der Waals surface area (Å²) in [5.41, 5.74) is 6.86. The Morgan fingerprint density at radius 3 is 2.71 bits per heavy atom. The van der Waals surface area contributed by atoms with Crippen molar-refractivity contribution in [1.82, 2.24) is 0 Å². The summed E-state index contributed by atoms with van der Waals surface area (Å²) in [4.78, 5) is 2.38. The van der Waals surface area contributed by atoms with Gasteiger partial charge in [-0.15, -0.1) is 0 Å². The maximum absolute atomic E-state index is 5.87. The molecule has 3 nitrogen and oxygen atoms in total. The molecule has 1 aliphatic rings. The molecule has 2 N–H and O–H groups in total. The van der Waals surface area contributed by atoms with Crippen molar-refractivity contribution >= 4 is 21.6 Å². The minimum atomic E-state index is 0.257. The average molecular weight is 299 g/mol. The van der Waals surface area contributed by atoms with Gasteiger partial charge in [0.1, 0.15) is 0 Å². The number of rotatable bonds is 3. The molecular formula is C13H19BrN2O. The van der Waals surface area contributed by atoms with Gasteiger partial charge in [-0.25, -0.2) is 0 Å². The summed E-state index contributed by atoms with van der Waals surface area (Å²) in [6, 6.07) is 8.43. The zero-order valence-corrected chi connectivity index (χ0v) is 11.7. The highest BCUT2D eigenvalue weighted by Gasteiger charge is 2.24. The Morgan fingerprint density at radius 1 is 1.35 bits per heavy atom. The van der Waals surface area contributed by atoms with E-state index in [-0.39, 0.29) is 12.2 Å². The van der Waals surface area contributed by atoms with Gasteiger partial charge in [0.05, 0.1) is 12.2 Å². The summed E-state index contributed by atoms with van der Waals surface area (Å²) in [6.07, 6.45) is 1.45. The lowest BCUT2D eigenvalue weighted by atomic mass is 10.1. The van der Waals surface area contributed by atoms with E-state index in [1.54, 1.807) is 0 Å². The number of morpholine rings is 1. The molecule has 1 aromatic carbocycles. The Morgan fingerprint density at radius 2 is 2.06 bits per heavy atom. The summed E-state index contributed by atoms with van der Waals surface area (Å²) in [5, 5.41) is 0. The normalized spacial score (nSPS) is 25.0. The predicted octanol–water partition coefficient (Wildman–Crippen LogP) is 2.39. The molecule has 1 aromatic rings. The highest BCUT2D eigenvalue weighted by Crippen LogP contribution is 2.23. The molecule has 0 spiro atoms. The van der Waals surface area contributed by atoms with Gasteiger partial charge >= 0.3 is 0 Å². The maximum Gasteiger partial charge on any atom is 0.0766 e. The third-order valence-corrected chi connectivity index (χ3v) is 3.54. The fourth-order valence-electron chi connectivity index (χ4n) is 2.25. The van der Waals surface area contributed by atoms with Crippen molar-refractivity contribution in [2.75, 3.05) is 24.5 Å². The molecule has 1 aliphatic heterocycles. The van der Waals surface area contributed by atoms with E-state index >= 15 is 0 Å². The lowest BCUT2D eigenvalue weighted by Gasteiger charge is -2.38. The number of benzene rings is 1. The first kappa shape index (κ1) is 12.9. The molecule has 0 aliphatic carbocycles. The number of nitrogens with two attached hydrogens (primary N) is 1. The van der Waals surface area contributed by atoms with Crippen molar-refractivity contribution in [3.8, 4) is 0 Å². The first-order valence-electron chi connectivity index (χ1n) is 6.05. The van der Waals surface area contributed by atoms with Crippen molar-refractivity contribution in [2.24, 2.45) is 5.73 Å². The molecule has 1 fully saturated rings. The second-order valence-electron chi connectivity index (χ2n) is 4.53. The fourth-order valence-corrected chi connectivity index (χ4v) is 2.52. The van der Waals surface area contributed by atoms with E-state index in [1.807, 2.05) is 0 Å². The van der Waals surface area contributed by atoms with Crippen molar-refractivity contribution in [3.63, 3.8) is 0 Å². The summed E-state index contributed by atoms with van der Waals surface area (Å²) in [5.74, 6) is 0. The molecular weight excluding hydrogens is 280 g/mol. The molecule has 0 saturated carbocycles. The quantitative estimate of drug-likeness (QED) is 0.931. The van der Waals surface area contributed by atoms with Gasteiger partial charge in [-0.2, -0.15) is 0 Å². The summed E-state index contributed by atoms with van der Waals surface area (Å²) in [7, 11) is 0. The van der Waals surface area contributed by atoms with Crippen molar-refractivity contribution in [1.29, 1.82) is 0 Å². The highest BCUT2D eigenvalue weighted by molar-refractivity contribution is 9.10. The predicted molar refractivity (Wildman–Crippen MR) is 74.4 cm³/mol. The van der Waals surface area contributed by atoms with Crippen LogP contribution in [0.4, 0.5) is 5.69 Å². The molecule has 1 saturated heterocycles. The molecule has 94 valence electrons. The fraction of sp³-hybridized carbons (Fsp3) is 0.538. The van der Waals surface area contributed by atoms with Crippen LogP contribution in [-0.4, -0.2) is 31.8 Å². The van der Waals surface area contributed by atoms with Gasteiger partial charge < -0.3 is 15.4 Å². The molecule has 4 heteroatoms. The maximum atomic E-state index is 5.87. The zero-order valence-electron chi connectivity index (χ0n) is 10.1. The van der Waals surface area contributed by atoms with Gasteiger partial charge in [0.25, 0.3) is 0 Å². The monoisotopic (exact) mass is 298 g/mol. The van der Waals surface area contributed by atoms with E-state index in [0.29, 0.717) is 6.54 Å². The number of anilines is 1. The van der Waals surface area contributed by atoms with Crippen molar-refractivity contribution in [3.05, 3.63) is 28.7 Å². The average Bonchev–Trinajstić information content (AvgIpc) is 2.29. The molecule has 0 amide bonds. The Balaban J connectivity index is 2.06. The molecule has 0 radical (unpaired) electrons. The Labute approximate surface area is 111 Å². The Hall–Kier alpha value is -0.580. The highest BCUT2D eigenvalue weighted by atomic mass is 79.9. The minimum Gasteiger partial charge on any atom is -0.372 e.